The Bertz CT molecular complexity index is 1270. The number of alkyl halides is 3. The molecule has 0 fully saturated rings. The second-order valence-corrected chi connectivity index (χ2v) is 9.54. The van der Waals surface area contributed by atoms with Crippen LogP contribution in [0, 0.1) is 10.1 Å². The Hall–Kier alpha value is -2.50. The van der Waals surface area contributed by atoms with Crippen molar-refractivity contribution in [3.05, 3.63) is 72.1 Å². The predicted octanol–water partition coefficient (Wildman–Crippen LogP) is 6.24. The molecule has 0 amide bonds. The first kappa shape index (κ1) is 24.1. The van der Waals surface area contributed by atoms with Crippen molar-refractivity contribution in [2.75, 3.05) is 0 Å². The summed E-state index contributed by atoms with van der Waals surface area (Å²) < 4.78 is 40.1. The van der Waals surface area contributed by atoms with Gasteiger partial charge in [0.15, 0.2) is 0 Å². The molecule has 0 bridgehead atoms. The Morgan fingerprint density at radius 3 is 2.31 bits per heavy atom. The van der Waals surface area contributed by atoms with Gasteiger partial charge in [-0.1, -0.05) is 44.0 Å². The second kappa shape index (κ2) is 8.45. The molecule has 1 aromatic heterocycles. The Morgan fingerprint density at radius 1 is 1.12 bits per heavy atom. The van der Waals surface area contributed by atoms with Gasteiger partial charge in [-0.3, -0.25) is 10.1 Å². The van der Waals surface area contributed by atoms with E-state index >= 15 is 0 Å². The topological polar surface area (TPSA) is 93.8 Å². The molecule has 170 valence electrons. The van der Waals surface area contributed by atoms with E-state index in [0.717, 1.165) is 16.7 Å². The summed E-state index contributed by atoms with van der Waals surface area (Å²) in [4.78, 5) is 22.9. The molecule has 0 aliphatic heterocycles. The average Bonchev–Trinajstić information content (AvgIpc) is 3.02. The van der Waals surface area contributed by atoms with Gasteiger partial charge >= 0.3 is 11.9 Å². The highest BCUT2D eigenvalue weighted by molar-refractivity contribution is 7.99. The minimum absolute atomic E-state index is 0.0262. The molecular weight excluding hydrogens is 492 g/mol. The van der Waals surface area contributed by atoms with Crippen LogP contribution in [0.2, 0.25) is 10.0 Å². The first-order valence-corrected chi connectivity index (χ1v) is 10.5. The largest absolute Gasteiger partial charge is 0.416 e. The Labute approximate surface area is 193 Å². The van der Waals surface area contributed by atoms with E-state index in [4.69, 9.17) is 23.2 Å². The van der Waals surface area contributed by atoms with Gasteiger partial charge in [-0.2, -0.15) is 13.2 Å². The van der Waals surface area contributed by atoms with Gasteiger partial charge in [0, 0.05) is 6.07 Å². The highest BCUT2D eigenvalue weighted by atomic mass is 35.5. The van der Waals surface area contributed by atoms with E-state index in [1.807, 2.05) is 20.8 Å². The van der Waals surface area contributed by atoms with E-state index in [1.165, 1.54) is 6.07 Å². The number of aromatic amines is 1. The summed E-state index contributed by atoms with van der Waals surface area (Å²) in [5.74, 6) is 0. The molecule has 0 aliphatic carbocycles. The number of aromatic nitrogens is 3. The van der Waals surface area contributed by atoms with Gasteiger partial charge in [-0.05, 0) is 47.0 Å². The van der Waals surface area contributed by atoms with Crippen LogP contribution in [-0.4, -0.2) is 19.7 Å². The number of H-pyrrole nitrogens is 1. The molecule has 3 rings (SSSR count). The zero-order valence-corrected chi connectivity index (χ0v) is 19.1. The van der Waals surface area contributed by atoms with Crippen molar-refractivity contribution in [2.45, 2.75) is 42.4 Å². The van der Waals surface area contributed by atoms with Gasteiger partial charge in [-0.15, -0.1) is 5.10 Å². The molecule has 0 radical (unpaired) electrons. The minimum atomic E-state index is -4.75. The van der Waals surface area contributed by atoms with Gasteiger partial charge in [0.2, 0.25) is 5.16 Å². The summed E-state index contributed by atoms with van der Waals surface area (Å²) in [6, 6.07) is 5.20. The fraction of sp³-hybridized carbons (Fsp3) is 0.263. The van der Waals surface area contributed by atoms with Crippen molar-refractivity contribution in [3.8, 4) is 5.69 Å². The molecule has 32 heavy (non-hydrogen) atoms. The number of nitrogens with zero attached hydrogens (tertiary/aromatic N) is 3. The van der Waals surface area contributed by atoms with Gasteiger partial charge in [-0.25, -0.2) is 14.5 Å². The lowest BCUT2D eigenvalue weighted by Crippen LogP contribution is -2.22. The van der Waals surface area contributed by atoms with Crippen LogP contribution >= 0.6 is 35.0 Å². The monoisotopic (exact) mass is 506 g/mol. The van der Waals surface area contributed by atoms with Crippen LogP contribution in [0.4, 0.5) is 18.9 Å². The summed E-state index contributed by atoms with van der Waals surface area (Å²) in [5.41, 5.74) is -2.10. The van der Waals surface area contributed by atoms with Crippen LogP contribution < -0.4 is 5.69 Å². The lowest BCUT2D eigenvalue weighted by Gasteiger charge is -2.24. The van der Waals surface area contributed by atoms with E-state index in [-0.39, 0.29) is 20.1 Å². The second-order valence-electron chi connectivity index (χ2n) is 7.72. The SMILES string of the molecule is CC(C)(C)c1cc(Cl)c(Cl)cc1-n1c(Sc2ccc(C(F)(F)F)cc2[N+](=O)[O-])n[nH]c1=O. The number of nitro benzene ring substituents is 1. The van der Waals surface area contributed by atoms with Crippen molar-refractivity contribution in [1.29, 1.82) is 0 Å². The van der Waals surface area contributed by atoms with Crippen LogP contribution in [0.1, 0.15) is 31.9 Å². The van der Waals surface area contributed by atoms with E-state index in [1.54, 1.807) is 6.07 Å². The molecule has 0 saturated heterocycles. The third-order valence-corrected chi connectivity index (χ3v) is 6.16. The number of hydrogen-bond donors (Lipinski definition) is 1. The standard InChI is InChI=1S/C19H15Cl2F3N4O3S/c1-18(2,3)10-7-11(20)12(21)8-13(10)27-16(29)25-26-17(27)32-15-5-4-9(19(22,23)24)6-14(15)28(30)31/h4-8H,1-3H3,(H,25,29). The Balaban J connectivity index is 2.18. The highest BCUT2D eigenvalue weighted by Crippen LogP contribution is 2.40. The van der Waals surface area contributed by atoms with E-state index in [2.05, 4.69) is 10.2 Å². The molecule has 0 atom stereocenters. The number of benzene rings is 2. The van der Waals surface area contributed by atoms with Crippen LogP contribution in [0.5, 0.6) is 0 Å². The third kappa shape index (κ3) is 4.79. The molecule has 0 spiro atoms. The minimum Gasteiger partial charge on any atom is -0.258 e. The molecule has 0 saturated carbocycles. The van der Waals surface area contributed by atoms with Gasteiger partial charge in [0.1, 0.15) is 0 Å². The first-order chi connectivity index (χ1) is 14.7. The number of nitrogens with one attached hydrogen (secondary N) is 1. The maximum absolute atomic E-state index is 13.0. The van der Waals surface area contributed by atoms with Crippen molar-refractivity contribution in [3.63, 3.8) is 0 Å². The van der Waals surface area contributed by atoms with E-state index in [0.29, 0.717) is 29.1 Å². The van der Waals surface area contributed by atoms with Crippen LogP contribution in [0.3, 0.4) is 0 Å². The predicted molar refractivity (Wildman–Crippen MR) is 115 cm³/mol. The molecule has 1 heterocycles. The number of halogens is 5. The maximum atomic E-state index is 13.0. The lowest BCUT2D eigenvalue weighted by atomic mass is 9.85. The molecule has 3 aromatic rings. The van der Waals surface area contributed by atoms with Crippen molar-refractivity contribution in [2.24, 2.45) is 0 Å². The molecule has 0 aliphatic rings. The first-order valence-electron chi connectivity index (χ1n) is 8.91. The number of nitro groups is 1. The third-order valence-electron chi connectivity index (χ3n) is 4.41. The normalized spacial score (nSPS) is 12.2. The van der Waals surface area contributed by atoms with Crippen LogP contribution in [-0.2, 0) is 11.6 Å². The smallest absolute Gasteiger partial charge is 0.258 e. The van der Waals surface area contributed by atoms with Gasteiger partial charge in [0.05, 0.1) is 31.1 Å². The fourth-order valence-corrected chi connectivity index (χ4v) is 4.16. The van der Waals surface area contributed by atoms with Crippen molar-refractivity contribution >= 4 is 40.7 Å². The van der Waals surface area contributed by atoms with Crippen LogP contribution in [0.15, 0.2) is 45.2 Å². The number of rotatable bonds is 4. The highest BCUT2D eigenvalue weighted by Gasteiger charge is 2.33. The Kier molecular flexibility index (Phi) is 6.38. The zero-order valence-electron chi connectivity index (χ0n) is 16.8. The molecule has 0 unspecified atom stereocenters. The summed E-state index contributed by atoms with van der Waals surface area (Å²) in [7, 11) is 0. The average molecular weight is 507 g/mol. The van der Waals surface area contributed by atoms with Crippen molar-refractivity contribution < 1.29 is 18.1 Å². The van der Waals surface area contributed by atoms with Crippen LogP contribution in [0.25, 0.3) is 5.69 Å². The summed E-state index contributed by atoms with van der Waals surface area (Å²) in [6.45, 7) is 5.65. The zero-order chi connectivity index (χ0) is 24.0. The lowest BCUT2D eigenvalue weighted by molar-refractivity contribution is -0.388. The van der Waals surface area contributed by atoms with Gasteiger partial charge in [0.25, 0.3) is 5.69 Å². The Morgan fingerprint density at radius 2 is 1.75 bits per heavy atom. The fourth-order valence-electron chi connectivity index (χ4n) is 2.91. The van der Waals surface area contributed by atoms with E-state index in [9.17, 15) is 28.1 Å². The quantitative estimate of drug-likeness (QED) is 0.333. The molecular formula is C19H15Cl2F3N4O3S. The molecule has 13 heteroatoms. The number of hydrogen-bond acceptors (Lipinski definition) is 5. The summed E-state index contributed by atoms with van der Waals surface area (Å²) in [6.07, 6.45) is -4.75. The summed E-state index contributed by atoms with van der Waals surface area (Å²) in [5, 5.41) is 18.0. The van der Waals surface area contributed by atoms with Crippen molar-refractivity contribution in [1.82, 2.24) is 14.8 Å². The maximum Gasteiger partial charge on any atom is 0.416 e. The molecule has 1 N–H and O–H groups in total. The van der Waals surface area contributed by atoms with Gasteiger partial charge < -0.3 is 0 Å². The molecule has 7 nitrogen and oxygen atoms in total. The molecule has 2 aromatic carbocycles. The van der Waals surface area contributed by atoms with E-state index < -0.39 is 33.5 Å². The summed E-state index contributed by atoms with van der Waals surface area (Å²) >= 11 is 13.0.